The summed E-state index contributed by atoms with van der Waals surface area (Å²) in [6, 6.07) is 0. The fourth-order valence-corrected chi connectivity index (χ4v) is 0.562. The van der Waals surface area contributed by atoms with Gasteiger partial charge in [-0.15, -0.1) is 5.73 Å². The Morgan fingerprint density at radius 2 is 2.00 bits per heavy atom. The first-order chi connectivity index (χ1) is 4.72. The summed E-state index contributed by atoms with van der Waals surface area (Å²) in [6.07, 6.45) is 3.67. The lowest BCUT2D eigenvalue weighted by molar-refractivity contribution is 1.39. The zero-order valence-corrected chi connectivity index (χ0v) is 6.81. The molecule has 0 amide bonds. The number of allylic oxidation sites excluding steroid dienone is 3. The molecule has 10 heavy (non-hydrogen) atoms. The Kier molecular flexibility index (Phi) is 4.26. The zero-order chi connectivity index (χ0) is 7.98. The van der Waals surface area contributed by atoms with E-state index in [-0.39, 0.29) is 0 Å². The van der Waals surface area contributed by atoms with Crippen molar-refractivity contribution < 1.29 is 0 Å². The molecule has 0 saturated carbocycles. The smallest absolute Gasteiger partial charge is 0.0277 e. The highest BCUT2D eigenvalue weighted by molar-refractivity contribution is 5.79. The van der Waals surface area contributed by atoms with Crippen LogP contribution in [0, 0.1) is 0 Å². The van der Waals surface area contributed by atoms with Gasteiger partial charge in [0.2, 0.25) is 0 Å². The van der Waals surface area contributed by atoms with E-state index in [2.05, 4.69) is 17.3 Å². The van der Waals surface area contributed by atoms with Gasteiger partial charge in [0.25, 0.3) is 0 Å². The average Bonchev–Trinajstić information content (AvgIpc) is 1.89. The molecule has 0 aromatic rings. The molecule has 0 rings (SSSR count). The van der Waals surface area contributed by atoms with Gasteiger partial charge in [0.15, 0.2) is 0 Å². The molecule has 0 heterocycles. The van der Waals surface area contributed by atoms with Crippen LogP contribution < -0.4 is 0 Å². The fourth-order valence-electron chi connectivity index (χ4n) is 0.562. The highest BCUT2D eigenvalue weighted by Gasteiger charge is 1.85. The van der Waals surface area contributed by atoms with Crippen LogP contribution in [-0.2, 0) is 0 Å². The SMILES string of the molecule is C=C=C/C(C)=C(C)\C=N/C. The summed E-state index contributed by atoms with van der Waals surface area (Å²) in [5.41, 5.74) is 5.02. The van der Waals surface area contributed by atoms with E-state index in [0.717, 1.165) is 11.1 Å². The first-order valence-corrected chi connectivity index (χ1v) is 3.17. The first-order valence-electron chi connectivity index (χ1n) is 3.17. The fraction of sp³-hybridized carbons (Fsp3) is 0.333. The predicted molar refractivity (Wildman–Crippen MR) is 46.5 cm³/mol. The standard InChI is InChI=1S/C9H13N/c1-5-6-8(2)9(3)7-10-4/h6-7H,1H2,2-4H3/b9-8-,10-7-. The molecule has 0 radical (unpaired) electrons. The van der Waals surface area contributed by atoms with Gasteiger partial charge >= 0.3 is 0 Å². The van der Waals surface area contributed by atoms with Gasteiger partial charge in [0.05, 0.1) is 0 Å². The van der Waals surface area contributed by atoms with Crippen molar-refractivity contribution in [2.45, 2.75) is 13.8 Å². The van der Waals surface area contributed by atoms with E-state index in [9.17, 15) is 0 Å². The van der Waals surface area contributed by atoms with Gasteiger partial charge in [-0.2, -0.15) is 0 Å². The van der Waals surface area contributed by atoms with Crippen LogP contribution in [0.4, 0.5) is 0 Å². The molecule has 0 aromatic carbocycles. The monoisotopic (exact) mass is 135 g/mol. The molecule has 0 fully saturated rings. The summed E-state index contributed by atoms with van der Waals surface area (Å²) < 4.78 is 0. The maximum absolute atomic E-state index is 3.89. The molecule has 0 aliphatic rings. The molecule has 54 valence electrons. The lowest BCUT2D eigenvalue weighted by atomic mass is 10.2. The molecular formula is C9H13N. The minimum absolute atomic E-state index is 1.15. The van der Waals surface area contributed by atoms with Crippen molar-refractivity contribution in [2.75, 3.05) is 7.05 Å². The number of aliphatic imine (C=N–C) groups is 1. The van der Waals surface area contributed by atoms with E-state index in [1.807, 2.05) is 26.1 Å². The maximum Gasteiger partial charge on any atom is 0.0277 e. The van der Waals surface area contributed by atoms with Gasteiger partial charge in [-0.05, 0) is 31.1 Å². The van der Waals surface area contributed by atoms with E-state index < -0.39 is 0 Å². The minimum Gasteiger partial charge on any atom is -0.296 e. The molecule has 0 N–H and O–H groups in total. The van der Waals surface area contributed by atoms with Crippen molar-refractivity contribution in [3.05, 3.63) is 29.5 Å². The van der Waals surface area contributed by atoms with Crippen LogP contribution in [0.25, 0.3) is 0 Å². The van der Waals surface area contributed by atoms with E-state index in [4.69, 9.17) is 0 Å². The van der Waals surface area contributed by atoms with Gasteiger partial charge < -0.3 is 0 Å². The predicted octanol–water partition coefficient (Wildman–Crippen LogP) is 2.36. The van der Waals surface area contributed by atoms with Crippen LogP contribution in [-0.4, -0.2) is 13.3 Å². The van der Waals surface area contributed by atoms with Gasteiger partial charge in [-0.1, -0.05) is 6.58 Å². The molecule has 0 aliphatic carbocycles. The third kappa shape index (κ3) is 3.06. The van der Waals surface area contributed by atoms with Crippen molar-refractivity contribution in [3.63, 3.8) is 0 Å². The third-order valence-electron chi connectivity index (χ3n) is 1.26. The summed E-state index contributed by atoms with van der Waals surface area (Å²) in [4.78, 5) is 3.89. The van der Waals surface area contributed by atoms with Crippen molar-refractivity contribution in [1.29, 1.82) is 0 Å². The van der Waals surface area contributed by atoms with Crippen molar-refractivity contribution >= 4 is 6.21 Å². The second-order valence-corrected chi connectivity index (χ2v) is 2.10. The van der Waals surface area contributed by atoms with Crippen molar-refractivity contribution in [1.82, 2.24) is 0 Å². The Morgan fingerprint density at radius 1 is 1.40 bits per heavy atom. The number of nitrogens with zero attached hydrogens (tertiary/aromatic N) is 1. The largest absolute Gasteiger partial charge is 0.296 e. The van der Waals surface area contributed by atoms with Crippen molar-refractivity contribution in [3.8, 4) is 0 Å². The summed E-state index contributed by atoms with van der Waals surface area (Å²) in [5.74, 6) is 0. The summed E-state index contributed by atoms with van der Waals surface area (Å²) in [6.45, 7) is 7.50. The van der Waals surface area contributed by atoms with E-state index in [1.165, 1.54) is 0 Å². The Hall–Kier alpha value is -1.07. The Labute approximate surface area is 62.5 Å². The molecular weight excluding hydrogens is 122 g/mol. The Bertz CT molecular complexity index is 203. The first kappa shape index (κ1) is 8.93. The Balaban J connectivity index is 4.49. The van der Waals surface area contributed by atoms with Crippen LogP contribution in [0.1, 0.15) is 13.8 Å². The molecule has 0 bridgehead atoms. The van der Waals surface area contributed by atoms with Gasteiger partial charge in [-0.25, -0.2) is 0 Å². The molecule has 1 nitrogen and oxygen atoms in total. The van der Waals surface area contributed by atoms with E-state index in [0.29, 0.717) is 0 Å². The zero-order valence-electron chi connectivity index (χ0n) is 6.81. The van der Waals surface area contributed by atoms with Crippen molar-refractivity contribution in [2.24, 2.45) is 4.99 Å². The second kappa shape index (κ2) is 4.78. The highest BCUT2D eigenvalue weighted by Crippen LogP contribution is 2.00. The molecule has 1 heteroatoms. The highest BCUT2D eigenvalue weighted by atomic mass is 14.6. The summed E-state index contributed by atoms with van der Waals surface area (Å²) >= 11 is 0. The summed E-state index contributed by atoms with van der Waals surface area (Å²) in [5, 5.41) is 0. The molecule has 0 aromatic heterocycles. The third-order valence-corrected chi connectivity index (χ3v) is 1.26. The second-order valence-electron chi connectivity index (χ2n) is 2.10. The molecule has 0 unspecified atom stereocenters. The number of hydrogen-bond donors (Lipinski definition) is 0. The lowest BCUT2D eigenvalue weighted by Gasteiger charge is -1.92. The molecule has 0 aliphatic heterocycles. The average molecular weight is 135 g/mol. The van der Waals surface area contributed by atoms with Crippen LogP contribution in [0.3, 0.4) is 0 Å². The van der Waals surface area contributed by atoms with Crippen LogP contribution >= 0.6 is 0 Å². The van der Waals surface area contributed by atoms with Crippen LogP contribution in [0.2, 0.25) is 0 Å². The molecule has 0 saturated heterocycles. The maximum atomic E-state index is 3.89. The quantitative estimate of drug-likeness (QED) is 0.313. The van der Waals surface area contributed by atoms with Crippen LogP contribution in [0.5, 0.6) is 0 Å². The Morgan fingerprint density at radius 3 is 2.40 bits per heavy atom. The van der Waals surface area contributed by atoms with Gasteiger partial charge in [0.1, 0.15) is 0 Å². The van der Waals surface area contributed by atoms with Gasteiger partial charge in [-0.3, -0.25) is 4.99 Å². The van der Waals surface area contributed by atoms with E-state index >= 15 is 0 Å². The van der Waals surface area contributed by atoms with E-state index in [1.54, 1.807) is 7.05 Å². The number of rotatable bonds is 2. The minimum atomic E-state index is 1.15. The molecule has 0 atom stereocenters. The lowest BCUT2D eigenvalue weighted by Crippen LogP contribution is -1.81. The number of hydrogen-bond acceptors (Lipinski definition) is 1. The topological polar surface area (TPSA) is 12.4 Å². The van der Waals surface area contributed by atoms with Gasteiger partial charge in [0, 0.05) is 13.3 Å². The normalized spacial score (nSPS) is 12.7. The summed E-state index contributed by atoms with van der Waals surface area (Å²) in [7, 11) is 1.76. The van der Waals surface area contributed by atoms with Crippen LogP contribution in [0.15, 0.2) is 34.5 Å². The molecule has 0 spiro atoms.